The second-order valence-electron chi connectivity index (χ2n) is 12.1. The first-order valence-corrected chi connectivity index (χ1v) is 15.9. The van der Waals surface area contributed by atoms with Gasteiger partial charge in [0.25, 0.3) is 0 Å². The number of rotatable bonds is 9. The maximum atomic E-state index is 14.3. The zero-order valence-electron chi connectivity index (χ0n) is 26.6. The number of hydrogen-bond donors (Lipinski definition) is 3. The van der Waals surface area contributed by atoms with Crippen LogP contribution in [0, 0.1) is 5.92 Å². The number of hydrogen-bond acceptors (Lipinski definition) is 13. The van der Waals surface area contributed by atoms with Crippen molar-refractivity contribution in [2.45, 2.75) is 56.7 Å². The van der Waals surface area contributed by atoms with Crippen molar-refractivity contribution in [3.8, 4) is 28.7 Å². The highest BCUT2D eigenvalue weighted by Gasteiger charge is 2.61. The second-order valence-corrected chi connectivity index (χ2v) is 12.5. The molecule has 1 fully saturated rings. The summed E-state index contributed by atoms with van der Waals surface area (Å²) in [7, 11) is 2.76. The van der Waals surface area contributed by atoms with E-state index in [0.717, 1.165) is 0 Å². The Balaban J connectivity index is 1.24. The van der Waals surface area contributed by atoms with Crippen LogP contribution in [0.25, 0.3) is 0 Å². The van der Waals surface area contributed by atoms with E-state index in [4.69, 9.17) is 39.8 Å². The van der Waals surface area contributed by atoms with E-state index in [9.17, 15) is 24.3 Å². The molecule has 15 nitrogen and oxygen atoms in total. The minimum atomic E-state index is -2.05. The summed E-state index contributed by atoms with van der Waals surface area (Å²) in [5, 5.41) is 21.5. The third kappa shape index (κ3) is 5.28. The van der Waals surface area contributed by atoms with Crippen LogP contribution in [-0.2, 0) is 20.9 Å². The predicted octanol–water partition coefficient (Wildman–Crippen LogP) is 3.65. The van der Waals surface area contributed by atoms with Crippen LogP contribution in [0.5, 0.6) is 28.7 Å². The predicted molar refractivity (Wildman–Crippen MR) is 167 cm³/mol. The summed E-state index contributed by atoms with van der Waals surface area (Å²) >= 11 is 6.59. The second kappa shape index (κ2) is 12.3. The number of amides is 2. The maximum absolute atomic E-state index is 14.3. The number of halogens is 1. The van der Waals surface area contributed by atoms with Crippen molar-refractivity contribution in [1.29, 1.82) is 0 Å². The van der Waals surface area contributed by atoms with Crippen LogP contribution in [0.4, 0.5) is 0 Å². The van der Waals surface area contributed by atoms with Crippen LogP contribution >= 0.6 is 11.6 Å². The molecule has 4 aliphatic rings. The highest BCUT2D eigenvalue weighted by atomic mass is 35.5. The van der Waals surface area contributed by atoms with E-state index in [2.05, 4.69) is 20.8 Å². The normalized spacial score (nSPS) is 23.0. The monoisotopic (exact) mass is 694 g/mol. The van der Waals surface area contributed by atoms with Gasteiger partial charge < -0.3 is 43.9 Å². The van der Waals surface area contributed by atoms with E-state index >= 15 is 0 Å². The minimum absolute atomic E-state index is 0.00516. The molecule has 0 bridgehead atoms. The van der Waals surface area contributed by atoms with Gasteiger partial charge >= 0.3 is 0 Å². The van der Waals surface area contributed by atoms with Gasteiger partial charge in [-0.05, 0) is 24.1 Å². The number of carbonyl (C=O) groups is 4. The quantitative estimate of drug-likeness (QED) is 0.294. The molecule has 4 heterocycles. The number of carbonyl (C=O) groups excluding carboxylic acids is 4. The standard InChI is InChI=1S/C33H31ClN4O11/c1-14-8-18(39)26(30(42)33(14)31(43)27-21(44-2)11-22(45-3)28(34)29(27)48-33)16(15-4-6-19-20(9-15)47-13-46-19)10-25(41)35-12-23-37-32(49-38-23)17-5-7-24(40)36-17/h4,6,9,11,14,16-17,42H,5,7-8,10,12-13H2,1-3H3,(H,35,41)(H,36,40)/t14-,16?,17?,33+/m1/s1. The van der Waals surface area contributed by atoms with E-state index < -0.39 is 46.7 Å². The zero-order valence-corrected chi connectivity index (χ0v) is 27.3. The summed E-state index contributed by atoms with van der Waals surface area (Å²) < 4.78 is 33.4. The van der Waals surface area contributed by atoms with Crippen LogP contribution in [-0.4, -0.2) is 65.2 Å². The van der Waals surface area contributed by atoms with Crippen LogP contribution in [0.2, 0.25) is 5.02 Å². The number of nitrogens with one attached hydrogen (secondary N) is 2. The van der Waals surface area contributed by atoms with Gasteiger partial charge in [-0.2, -0.15) is 4.98 Å². The van der Waals surface area contributed by atoms with Crippen LogP contribution < -0.4 is 34.3 Å². The summed E-state index contributed by atoms with van der Waals surface area (Å²) in [5.74, 6) is -2.80. The third-order valence-corrected chi connectivity index (χ3v) is 9.63. The van der Waals surface area contributed by atoms with Crippen molar-refractivity contribution in [3.05, 3.63) is 63.5 Å². The Morgan fingerprint density at radius 1 is 1.16 bits per heavy atom. The lowest BCUT2D eigenvalue weighted by Gasteiger charge is -2.38. The Hall–Kier alpha value is -5.31. The highest BCUT2D eigenvalue weighted by Crippen LogP contribution is 2.56. The molecule has 7 rings (SSSR count). The summed E-state index contributed by atoms with van der Waals surface area (Å²) in [4.78, 5) is 57.6. The van der Waals surface area contributed by atoms with Crippen molar-refractivity contribution in [2.24, 2.45) is 5.92 Å². The van der Waals surface area contributed by atoms with Gasteiger partial charge in [0.1, 0.15) is 28.1 Å². The van der Waals surface area contributed by atoms with Crippen molar-refractivity contribution in [3.63, 3.8) is 0 Å². The van der Waals surface area contributed by atoms with Crippen molar-refractivity contribution >= 4 is 35.0 Å². The first kappa shape index (κ1) is 32.2. The van der Waals surface area contributed by atoms with Crippen molar-refractivity contribution < 1.29 is 52.5 Å². The molecule has 2 unspecified atom stereocenters. The van der Waals surface area contributed by atoms with Gasteiger partial charge in [0, 0.05) is 42.7 Å². The Morgan fingerprint density at radius 2 is 1.94 bits per heavy atom. The molecule has 16 heteroatoms. The van der Waals surface area contributed by atoms with Crippen molar-refractivity contribution in [1.82, 2.24) is 20.8 Å². The molecule has 3 aromatic rings. The number of aromatic nitrogens is 2. The minimum Gasteiger partial charge on any atom is -0.507 e. The summed E-state index contributed by atoms with van der Waals surface area (Å²) in [6.45, 7) is 1.49. The molecule has 3 N–H and O–H groups in total. The van der Waals surface area contributed by atoms with Gasteiger partial charge in [-0.15, -0.1) is 0 Å². The van der Waals surface area contributed by atoms with Gasteiger partial charge in [0.2, 0.25) is 35.9 Å². The first-order chi connectivity index (χ1) is 23.5. The number of allylic oxidation sites excluding steroid dienone is 1. The molecular weight excluding hydrogens is 664 g/mol. The van der Waals surface area contributed by atoms with Crippen LogP contribution in [0.3, 0.4) is 0 Å². The summed E-state index contributed by atoms with van der Waals surface area (Å²) in [6, 6.07) is 5.96. The molecular formula is C33H31ClN4O11. The van der Waals surface area contributed by atoms with Crippen LogP contribution in [0.15, 0.2) is 40.1 Å². The molecule has 2 aromatic carbocycles. The molecule has 256 valence electrons. The lowest BCUT2D eigenvalue weighted by atomic mass is 9.69. The van der Waals surface area contributed by atoms with E-state index in [1.54, 1.807) is 25.1 Å². The zero-order chi connectivity index (χ0) is 34.6. The number of fused-ring (bicyclic) bond motifs is 2. The molecule has 0 saturated carbocycles. The van der Waals surface area contributed by atoms with Crippen LogP contribution in [0.1, 0.15) is 72.2 Å². The highest BCUT2D eigenvalue weighted by molar-refractivity contribution is 6.35. The van der Waals surface area contributed by atoms with Crippen molar-refractivity contribution in [2.75, 3.05) is 21.0 Å². The fourth-order valence-corrected chi connectivity index (χ4v) is 7.04. The average Bonchev–Trinajstić information content (AvgIpc) is 3.89. The Bertz CT molecular complexity index is 1940. The van der Waals surface area contributed by atoms with Gasteiger partial charge in [-0.25, -0.2) is 0 Å². The molecule has 0 radical (unpaired) electrons. The van der Waals surface area contributed by atoms with Gasteiger partial charge in [0.15, 0.2) is 34.6 Å². The Labute approximate surface area is 283 Å². The average molecular weight is 695 g/mol. The SMILES string of the molecule is COc1cc(OC)c2c(c1Cl)O[C@]1(C2=O)C(O)=C(C(CC(=O)NCc2noc(C3CCC(=O)N3)n2)c2ccc3c(c2)OCO3)C(=O)C[C@H]1C. The Kier molecular flexibility index (Phi) is 8.09. The van der Waals surface area contributed by atoms with E-state index in [1.165, 1.54) is 20.3 Å². The topological polar surface area (TPSA) is 198 Å². The molecule has 1 saturated heterocycles. The number of nitrogens with zero attached hydrogens (tertiary/aromatic N) is 2. The number of ketones is 2. The van der Waals surface area contributed by atoms with E-state index in [1.807, 2.05) is 0 Å². The van der Waals surface area contributed by atoms with Gasteiger partial charge in [-0.1, -0.05) is 29.7 Å². The fraction of sp³-hybridized carbons (Fsp3) is 0.394. The molecule has 1 aromatic heterocycles. The molecule has 2 amide bonds. The van der Waals surface area contributed by atoms with E-state index in [-0.39, 0.29) is 77.2 Å². The number of benzene rings is 2. The molecule has 4 atom stereocenters. The molecule has 3 aliphatic heterocycles. The smallest absolute Gasteiger partial charge is 0.249 e. The Morgan fingerprint density at radius 3 is 2.67 bits per heavy atom. The maximum Gasteiger partial charge on any atom is 0.249 e. The number of ether oxygens (including phenoxy) is 5. The number of methoxy groups -OCH3 is 2. The number of Topliss-reactive ketones (excluding diaryl/α,β-unsaturated/α-hetero) is 2. The molecule has 1 spiro atoms. The van der Waals surface area contributed by atoms with Gasteiger partial charge in [-0.3, -0.25) is 19.2 Å². The summed E-state index contributed by atoms with van der Waals surface area (Å²) in [6.07, 6.45) is 0.333. The first-order valence-electron chi connectivity index (χ1n) is 15.5. The largest absolute Gasteiger partial charge is 0.507 e. The fourth-order valence-electron chi connectivity index (χ4n) is 6.77. The molecule has 1 aliphatic carbocycles. The van der Waals surface area contributed by atoms with E-state index in [0.29, 0.717) is 29.9 Å². The van der Waals surface area contributed by atoms with Gasteiger partial charge in [0.05, 0.1) is 20.8 Å². The number of aliphatic hydroxyl groups is 1. The lowest BCUT2D eigenvalue weighted by Crippen LogP contribution is -2.53. The number of aliphatic hydroxyl groups excluding tert-OH is 1. The third-order valence-electron chi connectivity index (χ3n) is 9.27. The lowest BCUT2D eigenvalue weighted by molar-refractivity contribution is -0.122. The molecule has 49 heavy (non-hydrogen) atoms. The summed E-state index contributed by atoms with van der Waals surface area (Å²) in [5.41, 5.74) is -1.78.